The van der Waals surface area contributed by atoms with Crippen LogP contribution in [0.5, 0.6) is 0 Å². The SMILES string of the molecule is NC(=O)C(CCCN=C(N)N)NC(=O)C(CCC(=O)O)NC(=O)CNC(=O)OCc1ccccc1. The van der Waals surface area contributed by atoms with Crippen molar-refractivity contribution in [3.63, 3.8) is 0 Å². The van der Waals surface area contributed by atoms with Gasteiger partial charge in [-0.15, -0.1) is 0 Å². The smallest absolute Gasteiger partial charge is 0.407 e. The van der Waals surface area contributed by atoms with Gasteiger partial charge in [0, 0.05) is 13.0 Å². The number of hydrogen-bond donors (Lipinski definition) is 7. The van der Waals surface area contributed by atoms with E-state index in [1.165, 1.54) is 0 Å². The second-order valence-corrected chi connectivity index (χ2v) is 7.38. The predicted molar refractivity (Wildman–Crippen MR) is 124 cm³/mol. The number of rotatable bonds is 15. The molecule has 14 heteroatoms. The Labute approximate surface area is 201 Å². The van der Waals surface area contributed by atoms with Crippen molar-refractivity contribution < 1.29 is 33.8 Å². The Balaban J connectivity index is 2.61. The largest absolute Gasteiger partial charge is 0.481 e. The molecule has 0 aromatic heterocycles. The molecule has 0 bridgehead atoms. The van der Waals surface area contributed by atoms with E-state index in [0.29, 0.717) is 6.42 Å². The molecule has 0 aliphatic heterocycles. The monoisotopic (exact) mass is 493 g/mol. The predicted octanol–water partition coefficient (Wildman–Crippen LogP) is -1.71. The molecule has 0 heterocycles. The van der Waals surface area contributed by atoms with Gasteiger partial charge in [0.1, 0.15) is 25.2 Å². The van der Waals surface area contributed by atoms with Crippen LogP contribution in [0, 0.1) is 0 Å². The molecular formula is C21H31N7O7. The van der Waals surface area contributed by atoms with Crippen molar-refractivity contribution in [2.24, 2.45) is 22.2 Å². The van der Waals surface area contributed by atoms with Crippen LogP contribution in [0.1, 0.15) is 31.2 Å². The molecule has 0 radical (unpaired) electrons. The number of nitrogens with one attached hydrogen (secondary N) is 3. The van der Waals surface area contributed by atoms with Crippen LogP contribution >= 0.6 is 0 Å². The molecule has 35 heavy (non-hydrogen) atoms. The van der Waals surface area contributed by atoms with Crippen LogP contribution in [0.15, 0.2) is 35.3 Å². The van der Waals surface area contributed by atoms with Gasteiger partial charge in [-0.2, -0.15) is 0 Å². The molecule has 0 saturated heterocycles. The first-order chi connectivity index (χ1) is 16.6. The Morgan fingerprint density at radius 2 is 1.66 bits per heavy atom. The minimum atomic E-state index is -1.29. The summed E-state index contributed by atoms with van der Waals surface area (Å²) in [6, 6.07) is 6.49. The lowest BCUT2D eigenvalue weighted by atomic mass is 10.1. The molecule has 0 aliphatic rings. The van der Waals surface area contributed by atoms with E-state index in [1.807, 2.05) is 6.07 Å². The summed E-state index contributed by atoms with van der Waals surface area (Å²) in [6.07, 6.45) is -1.11. The molecule has 14 nitrogen and oxygen atoms in total. The fraction of sp³-hybridized carbons (Fsp3) is 0.429. The summed E-state index contributed by atoms with van der Waals surface area (Å²) in [5.74, 6) is -3.72. The van der Waals surface area contributed by atoms with E-state index < -0.39 is 54.8 Å². The fourth-order valence-electron chi connectivity index (χ4n) is 2.77. The molecule has 1 aromatic rings. The van der Waals surface area contributed by atoms with Crippen molar-refractivity contribution in [2.75, 3.05) is 13.1 Å². The quantitative estimate of drug-likeness (QED) is 0.0834. The number of ether oxygens (including phenoxy) is 1. The van der Waals surface area contributed by atoms with Crippen LogP contribution in [-0.4, -0.2) is 66.0 Å². The van der Waals surface area contributed by atoms with Crippen LogP contribution in [0.2, 0.25) is 0 Å². The zero-order chi connectivity index (χ0) is 26.2. The summed E-state index contributed by atoms with van der Waals surface area (Å²) in [4.78, 5) is 63.1. The molecule has 4 amide bonds. The molecule has 10 N–H and O–H groups in total. The van der Waals surface area contributed by atoms with E-state index >= 15 is 0 Å². The summed E-state index contributed by atoms with van der Waals surface area (Å²) < 4.78 is 4.99. The number of primary amides is 1. The second kappa shape index (κ2) is 15.5. The van der Waals surface area contributed by atoms with Gasteiger partial charge in [-0.25, -0.2) is 4.79 Å². The van der Waals surface area contributed by atoms with E-state index in [1.54, 1.807) is 24.3 Å². The minimum absolute atomic E-state index is 0.00434. The fourth-order valence-corrected chi connectivity index (χ4v) is 2.77. The Bertz CT molecular complexity index is 905. The third-order valence-electron chi connectivity index (χ3n) is 4.51. The normalized spacial score (nSPS) is 11.9. The molecule has 2 atom stereocenters. The van der Waals surface area contributed by atoms with Crippen molar-refractivity contribution in [3.8, 4) is 0 Å². The number of carboxylic acid groups (broad SMARTS) is 1. The van der Waals surface area contributed by atoms with Crippen LogP contribution in [0.25, 0.3) is 0 Å². The Hall–Kier alpha value is -4.36. The Morgan fingerprint density at radius 1 is 0.971 bits per heavy atom. The number of nitrogens with two attached hydrogens (primary N) is 3. The number of aliphatic imine (C=N–C) groups is 1. The average molecular weight is 494 g/mol. The zero-order valence-electron chi connectivity index (χ0n) is 19.1. The second-order valence-electron chi connectivity index (χ2n) is 7.38. The highest BCUT2D eigenvalue weighted by atomic mass is 16.5. The van der Waals surface area contributed by atoms with Gasteiger partial charge in [-0.3, -0.25) is 24.2 Å². The average Bonchev–Trinajstić information content (AvgIpc) is 2.81. The highest BCUT2D eigenvalue weighted by Crippen LogP contribution is 2.03. The molecule has 0 saturated carbocycles. The summed E-state index contributed by atoms with van der Waals surface area (Å²) in [6.45, 7) is -0.328. The molecular weight excluding hydrogens is 462 g/mol. The molecule has 1 rings (SSSR count). The molecule has 192 valence electrons. The first-order valence-corrected chi connectivity index (χ1v) is 10.7. The highest BCUT2D eigenvalue weighted by molar-refractivity contribution is 5.92. The van der Waals surface area contributed by atoms with E-state index in [0.717, 1.165) is 5.56 Å². The number of nitrogens with zero attached hydrogens (tertiary/aromatic N) is 1. The van der Waals surface area contributed by atoms with E-state index in [9.17, 15) is 24.0 Å². The topological polar surface area (TPSA) is 241 Å². The molecule has 0 fully saturated rings. The van der Waals surface area contributed by atoms with Gasteiger partial charge in [0.2, 0.25) is 17.7 Å². The van der Waals surface area contributed by atoms with Crippen LogP contribution in [-0.2, 0) is 30.5 Å². The Morgan fingerprint density at radius 3 is 2.26 bits per heavy atom. The first kappa shape index (κ1) is 28.7. The van der Waals surface area contributed by atoms with Crippen molar-refractivity contribution in [3.05, 3.63) is 35.9 Å². The number of alkyl carbamates (subject to hydrolysis) is 1. The van der Waals surface area contributed by atoms with Gasteiger partial charge in [-0.1, -0.05) is 30.3 Å². The van der Waals surface area contributed by atoms with Gasteiger partial charge in [-0.05, 0) is 24.8 Å². The molecule has 0 aliphatic carbocycles. The highest BCUT2D eigenvalue weighted by Gasteiger charge is 2.26. The summed E-state index contributed by atoms with van der Waals surface area (Å²) in [7, 11) is 0. The molecule has 1 aromatic carbocycles. The van der Waals surface area contributed by atoms with Gasteiger partial charge in [0.25, 0.3) is 0 Å². The number of guanidine groups is 1. The number of aliphatic carboxylic acids is 1. The van der Waals surface area contributed by atoms with Crippen LogP contribution in [0.3, 0.4) is 0 Å². The Kier molecular flexibility index (Phi) is 12.7. The number of carboxylic acids is 1. The number of carbonyl (C=O) groups excluding carboxylic acids is 4. The standard InChI is InChI=1S/C21H31N7O7/c22-18(32)14(7-4-10-25-20(23)24)28-19(33)15(8-9-17(30)31)27-16(29)11-26-21(34)35-12-13-5-2-1-3-6-13/h1-3,5-6,14-15H,4,7-12H2,(H2,22,32)(H,26,34)(H,27,29)(H,28,33)(H,30,31)(H4,23,24,25). The van der Waals surface area contributed by atoms with Crippen molar-refractivity contribution in [2.45, 2.75) is 44.4 Å². The zero-order valence-corrected chi connectivity index (χ0v) is 19.1. The lowest BCUT2D eigenvalue weighted by Crippen LogP contribution is -2.54. The lowest BCUT2D eigenvalue weighted by Gasteiger charge is -2.21. The van der Waals surface area contributed by atoms with Crippen molar-refractivity contribution in [1.29, 1.82) is 0 Å². The summed E-state index contributed by atoms with van der Waals surface area (Å²) in [5, 5.41) is 15.9. The van der Waals surface area contributed by atoms with E-state index in [4.69, 9.17) is 27.0 Å². The maximum absolute atomic E-state index is 12.6. The van der Waals surface area contributed by atoms with Gasteiger partial charge in [0.15, 0.2) is 5.96 Å². The minimum Gasteiger partial charge on any atom is -0.481 e. The van der Waals surface area contributed by atoms with E-state index in [-0.39, 0.29) is 32.0 Å². The number of amides is 4. The summed E-state index contributed by atoms with van der Waals surface area (Å²) in [5.41, 5.74) is 16.5. The van der Waals surface area contributed by atoms with Gasteiger partial charge in [0.05, 0.1) is 0 Å². The van der Waals surface area contributed by atoms with Gasteiger partial charge >= 0.3 is 12.1 Å². The van der Waals surface area contributed by atoms with Crippen LogP contribution < -0.4 is 33.2 Å². The third-order valence-corrected chi connectivity index (χ3v) is 4.51. The number of carbonyl (C=O) groups is 5. The van der Waals surface area contributed by atoms with Crippen molar-refractivity contribution >= 4 is 35.7 Å². The van der Waals surface area contributed by atoms with Gasteiger partial charge < -0.3 is 43.0 Å². The van der Waals surface area contributed by atoms with E-state index in [2.05, 4.69) is 20.9 Å². The lowest BCUT2D eigenvalue weighted by molar-refractivity contribution is -0.138. The van der Waals surface area contributed by atoms with Crippen molar-refractivity contribution in [1.82, 2.24) is 16.0 Å². The first-order valence-electron chi connectivity index (χ1n) is 10.7. The molecule has 2 unspecified atom stereocenters. The molecule has 0 spiro atoms. The third kappa shape index (κ3) is 13.1. The number of hydrogen-bond acceptors (Lipinski definition) is 7. The summed E-state index contributed by atoms with van der Waals surface area (Å²) >= 11 is 0. The maximum Gasteiger partial charge on any atom is 0.407 e. The van der Waals surface area contributed by atoms with Crippen LogP contribution in [0.4, 0.5) is 4.79 Å². The maximum atomic E-state index is 12.6. The number of benzene rings is 1.